The highest BCUT2D eigenvalue weighted by atomic mass is 16.5. The summed E-state index contributed by atoms with van der Waals surface area (Å²) in [7, 11) is 0. The van der Waals surface area contributed by atoms with E-state index >= 15 is 0 Å². The Kier molecular flexibility index (Phi) is 9.51. The van der Waals surface area contributed by atoms with Crippen LogP contribution in [0.5, 0.6) is 11.5 Å². The molecule has 0 aromatic heterocycles. The number of carboxylic acids is 1. The van der Waals surface area contributed by atoms with Crippen LogP contribution in [0, 0.1) is 20.8 Å². The highest BCUT2D eigenvalue weighted by molar-refractivity contribution is 5.66. The first-order valence-corrected chi connectivity index (χ1v) is 12.0. The molecule has 1 atom stereocenters. The number of carbonyl (C=O) groups is 1. The van der Waals surface area contributed by atoms with E-state index in [4.69, 9.17) is 14.6 Å². The number of rotatable bonds is 13. The lowest BCUT2D eigenvalue weighted by molar-refractivity contribution is -0.137. The fourth-order valence-electron chi connectivity index (χ4n) is 4.53. The molecule has 4 nitrogen and oxygen atoms in total. The Morgan fingerprint density at radius 2 is 1.67 bits per heavy atom. The third-order valence-corrected chi connectivity index (χ3v) is 6.65. The zero-order valence-corrected chi connectivity index (χ0v) is 19.9. The summed E-state index contributed by atoms with van der Waals surface area (Å²) in [6, 6.07) is 0. The van der Waals surface area contributed by atoms with E-state index in [1.165, 1.54) is 50.5 Å². The van der Waals surface area contributed by atoms with Gasteiger partial charge in [-0.25, -0.2) is 0 Å². The fourth-order valence-corrected chi connectivity index (χ4v) is 4.53. The third kappa shape index (κ3) is 6.65. The van der Waals surface area contributed by atoms with Crippen LogP contribution in [0.3, 0.4) is 0 Å². The number of unbranched alkanes of at least 4 members (excludes halogenated alkanes) is 6. The van der Waals surface area contributed by atoms with Crippen molar-refractivity contribution in [1.82, 2.24) is 0 Å². The van der Waals surface area contributed by atoms with Crippen LogP contribution in [-0.4, -0.2) is 23.3 Å². The molecule has 1 heterocycles. The van der Waals surface area contributed by atoms with Crippen LogP contribution in [0.2, 0.25) is 0 Å². The number of aliphatic carboxylic acids is 1. The predicted molar refractivity (Wildman–Crippen MR) is 123 cm³/mol. The highest BCUT2D eigenvalue weighted by Crippen LogP contribution is 2.45. The lowest BCUT2D eigenvalue weighted by atomic mass is 9.84. The van der Waals surface area contributed by atoms with Crippen molar-refractivity contribution in [3.05, 3.63) is 22.3 Å². The molecule has 1 N–H and O–H groups in total. The van der Waals surface area contributed by atoms with Crippen molar-refractivity contribution in [2.75, 3.05) is 6.61 Å². The summed E-state index contributed by atoms with van der Waals surface area (Å²) < 4.78 is 12.7. The van der Waals surface area contributed by atoms with Crippen molar-refractivity contribution in [2.45, 2.75) is 117 Å². The monoisotopic (exact) mass is 418 g/mol. The number of ether oxygens (including phenoxy) is 2. The van der Waals surface area contributed by atoms with E-state index in [0.717, 1.165) is 47.5 Å². The van der Waals surface area contributed by atoms with Crippen molar-refractivity contribution in [1.29, 1.82) is 0 Å². The lowest BCUT2D eigenvalue weighted by Crippen LogP contribution is -2.37. The van der Waals surface area contributed by atoms with Gasteiger partial charge in [0, 0.05) is 12.0 Å². The molecule has 2 rings (SSSR count). The minimum atomic E-state index is -0.776. The van der Waals surface area contributed by atoms with Crippen LogP contribution in [-0.2, 0) is 11.2 Å². The van der Waals surface area contributed by atoms with Gasteiger partial charge >= 0.3 is 5.97 Å². The molecule has 1 aliphatic heterocycles. The van der Waals surface area contributed by atoms with Gasteiger partial charge in [0.15, 0.2) is 0 Å². The molecule has 0 radical (unpaired) electrons. The molecule has 0 amide bonds. The summed E-state index contributed by atoms with van der Waals surface area (Å²) in [4.78, 5) is 10.7. The summed E-state index contributed by atoms with van der Waals surface area (Å²) in [5.74, 6) is 1.19. The van der Waals surface area contributed by atoms with Gasteiger partial charge in [0.2, 0.25) is 0 Å². The molecule has 30 heavy (non-hydrogen) atoms. The van der Waals surface area contributed by atoms with Gasteiger partial charge in [0.05, 0.1) is 6.61 Å². The molecule has 1 aromatic rings. The normalized spacial score (nSPS) is 18.0. The number of fused-ring (bicyclic) bond motifs is 1. The second-order valence-corrected chi connectivity index (χ2v) is 9.28. The maximum Gasteiger partial charge on any atom is 0.303 e. The van der Waals surface area contributed by atoms with E-state index in [0.29, 0.717) is 13.0 Å². The van der Waals surface area contributed by atoms with E-state index < -0.39 is 5.97 Å². The van der Waals surface area contributed by atoms with Gasteiger partial charge in [-0.1, -0.05) is 45.4 Å². The van der Waals surface area contributed by atoms with Crippen molar-refractivity contribution >= 4 is 5.97 Å². The molecule has 0 bridgehead atoms. The molecular weight excluding hydrogens is 376 g/mol. The Hall–Kier alpha value is -1.71. The first-order chi connectivity index (χ1) is 14.3. The van der Waals surface area contributed by atoms with E-state index in [9.17, 15) is 4.79 Å². The van der Waals surface area contributed by atoms with E-state index in [1.807, 2.05) is 0 Å². The number of hydrogen-bond acceptors (Lipinski definition) is 3. The molecule has 0 aliphatic carbocycles. The average Bonchev–Trinajstić information content (AvgIpc) is 2.70. The molecule has 0 saturated heterocycles. The second-order valence-electron chi connectivity index (χ2n) is 9.28. The van der Waals surface area contributed by atoms with Gasteiger partial charge < -0.3 is 14.6 Å². The van der Waals surface area contributed by atoms with Crippen LogP contribution >= 0.6 is 0 Å². The summed E-state index contributed by atoms with van der Waals surface area (Å²) in [6.07, 6.45) is 13.1. The van der Waals surface area contributed by atoms with Crippen molar-refractivity contribution in [3.63, 3.8) is 0 Å². The van der Waals surface area contributed by atoms with Crippen molar-refractivity contribution in [3.8, 4) is 11.5 Å². The summed E-state index contributed by atoms with van der Waals surface area (Å²) in [5.41, 5.74) is 4.62. The minimum Gasteiger partial charge on any atom is -0.493 e. The van der Waals surface area contributed by atoms with Gasteiger partial charge in [-0.3, -0.25) is 4.79 Å². The molecule has 1 aliphatic rings. The fraction of sp³-hybridized carbons (Fsp3) is 0.731. The van der Waals surface area contributed by atoms with Gasteiger partial charge in [0.25, 0.3) is 0 Å². The molecule has 0 fully saturated rings. The molecule has 170 valence electrons. The maximum atomic E-state index is 10.7. The Bertz CT molecular complexity index is 710. The molecule has 1 unspecified atom stereocenters. The van der Waals surface area contributed by atoms with Crippen LogP contribution in [0.25, 0.3) is 0 Å². The Labute approximate surface area is 183 Å². The zero-order valence-electron chi connectivity index (χ0n) is 19.9. The highest BCUT2D eigenvalue weighted by Gasteiger charge is 2.34. The van der Waals surface area contributed by atoms with Crippen molar-refractivity contribution < 1.29 is 19.4 Å². The summed E-state index contributed by atoms with van der Waals surface area (Å²) in [5, 5.41) is 8.82. The summed E-state index contributed by atoms with van der Waals surface area (Å²) in [6.45, 7) is 11.3. The second kappa shape index (κ2) is 11.6. The van der Waals surface area contributed by atoms with E-state index in [1.54, 1.807) is 0 Å². The maximum absolute atomic E-state index is 10.7. The quantitative estimate of drug-likeness (QED) is 0.348. The zero-order chi connectivity index (χ0) is 22.1. The van der Waals surface area contributed by atoms with Crippen molar-refractivity contribution in [2.24, 2.45) is 0 Å². The molecular formula is C26H42O4. The Morgan fingerprint density at radius 1 is 1.00 bits per heavy atom. The number of carboxylic acid groups (broad SMARTS) is 1. The smallest absolute Gasteiger partial charge is 0.303 e. The summed E-state index contributed by atoms with van der Waals surface area (Å²) >= 11 is 0. The standard InChI is InChI=1S/C26H42O4/c1-6-7-8-9-10-11-12-16-26(5)17-15-22-21(4)24(29-18-13-14-23(27)28)19(2)20(3)25(22)30-26/h6-18H2,1-5H3,(H,27,28). The van der Waals surface area contributed by atoms with Gasteiger partial charge in [0.1, 0.15) is 17.1 Å². The average molecular weight is 419 g/mol. The Morgan fingerprint density at radius 3 is 2.33 bits per heavy atom. The van der Waals surface area contributed by atoms with Gasteiger partial charge in [-0.2, -0.15) is 0 Å². The number of benzene rings is 1. The minimum absolute atomic E-state index is 0.0794. The Balaban J connectivity index is 1.98. The first-order valence-electron chi connectivity index (χ1n) is 12.0. The van der Waals surface area contributed by atoms with Crippen LogP contribution in [0.4, 0.5) is 0 Å². The molecule has 0 spiro atoms. The lowest BCUT2D eigenvalue weighted by Gasteiger charge is -2.38. The third-order valence-electron chi connectivity index (χ3n) is 6.65. The SMILES string of the molecule is CCCCCCCCCC1(C)CCc2c(C)c(OCCCC(=O)O)c(C)c(C)c2O1. The first kappa shape index (κ1) is 24.6. The molecule has 1 aromatic carbocycles. The largest absolute Gasteiger partial charge is 0.493 e. The van der Waals surface area contributed by atoms with Gasteiger partial charge in [-0.05, 0) is 76.5 Å². The van der Waals surface area contributed by atoms with E-state index in [2.05, 4.69) is 34.6 Å². The predicted octanol–water partition coefficient (Wildman–Crippen LogP) is 7.08. The molecule has 0 saturated carbocycles. The molecule has 4 heteroatoms. The van der Waals surface area contributed by atoms with Gasteiger partial charge in [-0.15, -0.1) is 0 Å². The van der Waals surface area contributed by atoms with Crippen LogP contribution in [0.15, 0.2) is 0 Å². The number of hydrogen-bond donors (Lipinski definition) is 1. The van der Waals surface area contributed by atoms with E-state index in [-0.39, 0.29) is 12.0 Å². The topological polar surface area (TPSA) is 55.8 Å². The van der Waals surface area contributed by atoms with Crippen LogP contribution in [0.1, 0.15) is 107 Å². The van der Waals surface area contributed by atoms with Crippen LogP contribution < -0.4 is 9.47 Å².